The van der Waals surface area contributed by atoms with Gasteiger partial charge in [-0.15, -0.1) is 0 Å². The van der Waals surface area contributed by atoms with Crippen LogP contribution in [0.4, 0.5) is 11.4 Å². The Hall–Kier alpha value is -2.62. The Morgan fingerprint density at radius 1 is 1.04 bits per heavy atom. The van der Waals surface area contributed by atoms with Crippen LogP contribution in [-0.2, 0) is 16.0 Å². The molecule has 2 aromatic carbocycles. The molecule has 25 heavy (non-hydrogen) atoms. The maximum Gasteiger partial charge on any atom is 0.231 e. The zero-order valence-corrected chi connectivity index (χ0v) is 14.5. The number of fused-ring (bicyclic) bond motifs is 1. The predicted molar refractivity (Wildman–Crippen MR) is 98.5 cm³/mol. The minimum atomic E-state index is -0.216. The summed E-state index contributed by atoms with van der Waals surface area (Å²) in [5.74, 6) is -0.375. The van der Waals surface area contributed by atoms with E-state index in [0.29, 0.717) is 6.42 Å². The van der Waals surface area contributed by atoms with Crippen LogP contribution in [0.1, 0.15) is 24.5 Å². The fourth-order valence-corrected chi connectivity index (χ4v) is 3.78. The second-order valence-electron chi connectivity index (χ2n) is 7.14. The van der Waals surface area contributed by atoms with Crippen LogP contribution in [0, 0.1) is 18.8 Å². The summed E-state index contributed by atoms with van der Waals surface area (Å²) in [6.07, 6.45) is 1.52. The fourth-order valence-electron chi connectivity index (χ4n) is 3.78. The molecule has 0 bridgehead atoms. The molecule has 3 unspecified atom stereocenters. The first-order chi connectivity index (χ1) is 12.1. The Morgan fingerprint density at radius 3 is 2.56 bits per heavy atom. The van der Waals surface area contributed by atoms with Crippen molar-refractivity contribution in [2.75, 3.05) is 10.2 Å². The van der Waals surface area contributed by atoms with E-state index in [2.05, 4.69) is 18.3 Å². The number of nitrogens with one attached hydrogen (secondary N) is 1. The second kappa shape index (κ2) is 6.03. The molecule has 3 atom stereocenters. The zero-order chi connectivity index (χ0) is 17.6. The highest BCUT2D eigenvalue weighted by Crippen LogP contribution is 2.44. The quantitative estimate of drug-likeness (QED) is 0.933. The number of rotatable bonds is 3. The van der Waals surface area contributed by atoms with Crippen LogP contribution in [0.25, 0.3) is 0 Å². The molecule has 0 saturated heterocycles. The van der Waals surface area contributed by atoms with Crippen molar-refractivity contribution in [2.24, 2.45) is 11.8 Å². The molecule has 4 heteroatoms. The summed E-state index contributed by atoms with van der Waals surface area (Å²) in [4.78, 5) is 27.4. The second-order valence-corrected chi connectivity index (χ2v) is 7.14. The van der Waals surface area contributed by atoms with E-state index in [-0.39, 0.29) is 29.7 Å². The molecule has 1 heterocycles. The number of hydrogen-bond acceptors (Lipinski definition) is 2. The lowest BCUT2D eigenvalue weighted by molar-refractivity contribution is -0.123. The smallest absolute Gasteiger partial charge is 0.231 e. The molecule has 1 aliphatic heterocycles. The topological polar surface area (TPSA) is 49.4 Å². The van der Waals surface area contributed by atoms with E-state index >= 15 is 0 Å². The van der Waals surface area contributed by atoms with Gasteiger partial charge in [-0.3, -0.25) is 9.59 Å². The molecular formula is C21H22N2O2. The highest BCUT2D eigenvalue weighted by molar-refractivity contribution is 6.05. The SMILES string of the molecule is Cc1ccccc1NC(=O)C1CC1C(=O)N1c2ccccc2CC1C. The highest BCUT2D eigenvalue weighted by atomic mass is 16.2. The fraction of sp³-hybridized carbons (Fsp3) is 0.333. The standard InChI is InChI=1S/C21H22N2O2/c1-13-7-3-5-9-18(13)22-20(24)16-12-17(16)21(25)23-14(2)11-15-8-4-6-10-19(15)23/h3-10,14,16-17H,11-12H2,1-2H3,(H,22,24). The van der Waals surface area contributed by atoms with E-state index < -0.39 is 0 Å². The van der Waals surface area contributed by atoms with Crippen molar-refractivity contribution in [3.8, 4) is 0 Å². The van der Waals surface area contributed by atoms with Gasteiger partial charge in [0.1, 0.15) is 0 Å². The molecule has 1 aliphatic carbocycles. The van der Waals surface area contributed by atoms with Gasteiger partial charge in [0, 0.05) is 17.4 Å². The first-order valence-corrected chi connectivity index (χ1v) is 8.83. The lowest BCUT2D eigenvalue weighted by atomic mass is 10.1. The molecule has 1 N–H and O–H groups in total. The van der Waals surface area contributed by atoms with E-state index in [4.69, 9.17) is 0 Å². The van der Waals surface area contributed by atoms with Crippen LogP contribution in [0.2, 0.25) is 0 Å². The maximum absolute atomic E-state index is 13.0. The van der Waals surface area contributed by atoms with E-state index in [1.165, 1.54) is 5.56 Å². The number of para-hydroxylation sites is 2. The third-order valence-electron chi connectivity index (χ3n) is 5.29. The highest BCUT2D eigenvalue weighted by Gasteiger charge is 2.51. The van der Waals surface area contributed by atoms with Crippen molar-refractivity contribution >= 4 is 23.2 Å². The van der Waals surface area contributed by atoms with Crippen molar-refractivity contribution in [1.29, 1.82) is 0 Å². The van der Waals surface area contributed by atoms with Crippen molar-refractivity contribution in [3.05, 3.63) is 59.7 Å². The van der Waals surface area contributed by atoms with Crippen LogP contribution in [0.3, 0.4) is 0 Å². The summed E-state index contributed by atoms with van der Waals surface area (Å²) >= 11 is 0. The molecule has 2 amide bonds. The molecule has 1 saturated carbocycles. The van der Waals surface area contributed by atoms with Crippen molar-refractivity contribution < 1.29 is 9.59 Å². The van der Waals surface area contributed by atoms with E-state index in [1.54, 1.807) is 0 Å². The first kappa shape index (κ1) is 15.9. The Balaban J connectivity index is 1.45. The molecule has 4 rings (SSSR count). The minimum absolute atomic E-state index is 0.0483. The molecule has 4 nitrogen and oxygen atoms in total. The van der Waals surface area contributed by atoms with Crippen LogP contribution in [0.15, 0.2) is 48.5 Å². The number of nitrogens with zero attached hydrogens (tertiary/aromatic N) is 1. The van der Waals surface area contributed by atoms with Gasteiger partial charge in [-0.2, -0.15) is 0 Å². The Bertz CT molecular complexity index is 845. The summed E-state index contributed by atoms with van der Waals surface area (Å²) in [6.45, 7) is 4.04. The molecule has 2 aliphatic rings. The van der Waals surface area contributed by atoms with Crippen molar-refractivity contribution in [3.63, 3.8) is 0 Å². The van der Waals surface area contributed by atoms with Gasteiger partial charge in [0.05, 0.1) is 11.8 Å². The average Bonchev–Trinajstić information content (AvgIpc) is 3.33. The van der Waals surface area contributed by atoms with Gasteiger partial charge >= 0.3 is 0 Å². The number of anilines is 2. The number of carbonyl (C=O) groups is 2. The molecule has 0 radical (unpaired) electrons. The van der Waals surface area contributed by atoms with Crippen molar-refractivity contribution in [1.82, 2.24) is 0 Å². The van der Waals surface area contributed by atoms with Crippen molar-refractivity contribution in [2.45, 2.75) is 32.7 Å². The van der Waals surface area contributed by atoms with E-state index in [0.717, 1.165) is 23.4 Å². The molecular weight excluding hydrogens is 312 g/mol. The maximum atomic E-state index is 13.0. The number of benzene rings is 2. The van der Waals surface area contributed by atoms with Gasteiger partial charge in [-0.1, -0.05) is 36.4 Å². The summed E-state index contributed by atoms with van der Waals surface area (Å²) in [5, 5.41) is 2.97. The number of aryl methyl sites for hydroxylation is 1. The number of carbonyl (C=O) groups excluding carboxylic acids is 2. The summed E-state index contributed by atoms with van der Waals surface area (Å²) in [5.41, 5.74) is 4.07. The monoisotopic (exact) mass is 334 g/mol. The molecule has 2 aromatic rings. The predicted octanol–water partition coefficient (Wildman–Crippen LogP) is 3.55. The van der Waals surface area contributed by atoms with E-state index in [9.17, 15) is 9.59 Å². The first-order valence-electron chi connectivity index (χ1n) is 8.83. The third-order valence-corrected chi connectivity index (χ3v) is 5.29. The summed E-state index contributed by atoms with van der Waals surface area (Å²) < 4.78 is 0. The van der Waals surface area contributed by atoms with Gasteiger partial charge in [0.25, 0.3) is 0 Å². The Kier molecular flexibility index (Phi) is 3.83. The van der Waals surface area contributed by atoms with Gasteiger partial charge in [0.15, 0.2) is 0 Å². The zero-order valence-electron chi connectivity index (χ0n) is 14.5. The third kappa shape index (κ3) is 2.82. The summed E-state index contributed by atoms with van der Waals surface area (Å²) in [6, 6.07) is 15.9. The van der Waals surface area contributed by atoms with Gasteiger partial charge in [-0.25, -0.2) is 0 Å². The largest absolute Gasteiger partial charge is 0.326 e. The average molecular weight is 334 g/mol. The normalized spacial score (nSPS) is 23.9. The summed E-state index contributed by atoms with van der Waals surface area (Å²) in [7, 11) is 0. The van der Waals surface area contributed by atoms with Crippen LogP contribution in [0.5, 0.6) is 0 Å². The Labute approximate surface area is 147 Å². The molecule has 1 fully saturated rings. The van der Waals surface area contributed by atoms with Crippen LogP contribution in [-0.4, -0.2) is 17.9 Å². The van der Waals surface area contributed by atoms with Crippen LogP contribution >= 0.6 is 0 Å². The van der Waals surface area contributed by atoms with Crippen LogP contribution < -0.4 is 10.2 Å². The molecule has 0 aromatic heterocycles. The lowest BCUT2D eigenvalue weighted by Gasteiger charge is -2.23. The van der Waals surface area contributed by atoms with Gasteiger partial charge < -0.3 is 10.2 Å². The number of hydrogen-bond donors (Lipinski definition) is 1. The van der Waals surface area contributed by atoms with E-state index in [1.807, 2.05) is 54.3 Å². The minimum Gasteiger partial charge on any atom is -0.326 e. The molecule has 128 valence electrons. The Morgan fingerprint density at radius 2 is 1.76 bits per heavy atom. The molecule has 0 spiro atoms. The number of amides is 2. The van der Waals surface area contributed by atoms with Gasteiger partial charge in [-0.05, 0) is 49.9 Å². The lowest BCUT2D eigenvalue weighted by Crippen LogP contribution is -2.37. The van der Waals surface area contributed by atoms with Gasteiger partial charge in [0.2, 0.25) is 11.8 Å².